The van der Waals surface area contributed by atoms with Gasteiger partial charge in [-0.25, -0.2) is 4.79 Å². The van der Waals surface area contributed by atoms with E-state index in [1.54, 1.807) is 4.90 Å². The minimum absolute atomic E-state index is 0.658. The zero-order chi connectivity index (χ0) is 21.9. The molecule has 1 fully saturated rings. The lowest BCUT2D eigenvalue weighted by Gasteiger charge is -2.34. The summed E-state index contributed by atoms with van der Waals surface area (Å²) >= 11 is 0. The van der Waals surface area contributed by atoms with Crippen LogP contribution in [0.4, 0.5) is 4.79 Å². The molecule has 0 radical (unpaired) electrons. The van der Waals surface area contributed by atoms with Crippen molar-refractivity contribution < 1.29 is 9.90 Å². The Labute approximate surface area is 187 Å². The molecule has 1 rings (SSSR count). The fraction of sp³-hybridized carbons (Fsp3) is 0.960. The number of rotatable bonds is 19. The van der Waals surface area contributed by atoms with Gasteiger partial charge in [-0.2, -0.15) is 0 Å². The Morgan fingerprint density at radius 2 is 1.10 bits per heavy atom. The highest BCUT2D eigenvalue weighted by Crippen LogP contribution is 2.11. The van der Waals surface area contributed by atoms with Crippen LogP contribution in [0.3, 0.4) is 0 Å². The first-order valence-corrected chi connectivity index (χ1v) is 13.1. The van der Waals surface area contributed by atoms with Crippen LogP contribution >= 0.6 is 0 Å². The molecule has 0 saturated carbocycles. The van der Waals surface area contributed by atoms with Crippen LogP contribution < -0.4 is 0 Å². The highest BCUT2D eigenvalue weighted by Gasteiger charge is 2.20. The Kier molecular flexibility index (Phi) is 17.2. The van der Waals surface area contributed by atoms with Gasteiger partial charge in [-0.05, 0) is 25.9 Å². The largest absolute Gasteiger partial charge is 0.465 e. The van der Waals surface area contributed by atoms with Crippen LogP contribution in [0, 0.1) is 0 Å². The number of hydrogen-bond donors (Lipinski definition) is 1. The highest BCUT2D eigenvalue weighted by atomic mass is 16.4. The summed E-state index contributed by atoms with van der Waals surface area (Å²) in [4.78, 5) is 17.8. The molecule has 0 aromatic rings. The summed E-state index contributed by atoms with van der Waals surface area (Å²) in [6.45, 7) is 12.3. The number of nitrogens with zero attached hydrogens (tertiary/aromatic N) is 3. The molecule has 1 saturated heterocycles. The number of unbranched alkanes of at least 4 members (excludes halogenated alkanes) is 12. The minimum Gasteiger partial charge on any atom is -0.465 e. The van der Waals surface area contributed by atoms with Crippen molar-refractivity contribution in [3.05, 3.63) is 0 Å². The molecule has 1 amide bonds. The first kappa shape index (κ1) is 27.2. The standard InChI is InChI=1S/C25H51N3O2/c1-3-5-7-9-11-13-15-17-26(18-16-14-12-10-8-6-4-2)19-20-27-21-23-28(24-22-27)25(29)30/h3-24H2,1-2H3,(H,29,30). The fourth-order valence-electron chi connectivity index (χ4n) is 4.37. The quantitative estimate of drug-likeness (QED) is 0.255. The summed E-state index contributed by atoms with van der Waals surface area (Å²) in [5.74, 6) is 0. The maximum atomic E-state index is 11.1. The van der Waals surface area contributed by atoms with Gasteiger partial charge in [-0.3, -0.25) is 4.90 Å². The molecule has 0 aromatic carbocycles. The monoisotopic (exact) mass is 425 g/mol. The summed E-state index contributed by atoms with van der Waals surface area (Å²) in [5, 5.41) is 9.12. The Bertz CT molecular complexity index is 380. The highest BCUT2D eigenvalue weighted by molar-refractivity contribution is 5.65. The molecule has 0 aliphatic carbocycles. The Hall–Kier alpha value is -0.810. The van der Waals surface area contributed by atoms with Gasteiger partial charge in [0.15, 0.2) is 0 Å². The van der Waals surface area contributed by atoms with Crippen molar-refractivity contribution in [2.45, 2.75) is 104 Å². The van der Waals surface area contributed by atoms with Crippen LogP contribution in [-0.2, 0) is 0 Å². The number of piperazine rings is 1. The Balaban J connectivity index is 2.23. The van der Waals surface area contributed by atoms with Gasteiger partial charge >= 0.3 is 6.09 Å². The fourth-order valence-corrected chi connectivity index (χ4v) is 4.37. The average Bonchev–Trinajstić information content (AvgIpc) is 2.75. The molecular formula is C25H51N3O2. The SMILES string of the molecule is CCCCCCCCCN(CCCCCCCCC)CCN1CCN(C(=O)O)CC1. The molecule has 0 aromatic heterocycles. The molecule has 1 aliphatic heterocycles. The Morgan fingerprint density at radius 3 is 1.53 bits per heavy atom. The van der Waals surface area contributed by atoms with Crippen molar-refractivity contribution >= 4 is 6.09 Å². The zero-order valence-corrected chi connectivity index (χ0v) is 20.3. The van der Waals surface area contributed by atoms with E-state index in [1.807, 2.05) is 0 Å². The summed E-state index contributed by atoms with van der Waals surface area (Å²) in [7, 11) is 0. The number of carboxylic acid groups (broad SMARTS) is 1. The first-order chi connectivity index (χ1) is 14.7. The van der Waals surface area contributed by atoms with Crippen LogP contribution in [0.5, 0.6) is 0 Å². The summed E-state index contributed by atoms with van der Waals surface area (Å²) in [5.41, 5.74) is 0. The van der Waals surface area contributed by atoms with Gasteiger partial charge in [0.25, 0.3) is 0 Å². The molecule has 0 atom stereocenters. The van der Waals surface area contributed by atoms with Gasteiger partial charge in [-0.15, -0.1) is 0 Å². The second-order valence-corrected chi connectivity index (χ2v) is 9.20. The van der Waals surface area contributed by atoms with Gasteiger partial charge in [0.1, 0.15) is 0 Å². The third kappa shape index (κ3) is 14.2. The maximum Gasteiger partial charge on any atom is 0.407 e. The van der Waals surface area contributed by atoms with E-state index in [4.69, 9.17) is 5.11 Å². The van der Waals surface area contributed by atoms with Crippen molar-refractivity contribution in [3.63, 3.8) is 0 Å². The molecule has 5 heteroatoms. The van der Waals surface area contributed by atoms with E-state index in [9.17, 15) is 4.79 Å². The van der Waals surface area contributed by atoms with Gasteiger partial charge in [0.05, 0.1) is 0 Å². The van der Waals surface area contributed by atoms with Gasteiger partial charge < -0.3 is 14.9 Å². The molecule has 1 aliphatic rings. The van der Waals surface area contributed by atoms with Gasteiger partial charge in [0.2, 0.25) is 0 Å². The molecule has 30 heavy (non-hydrogen) atoms. The lowest BCUT2D eigenvalue weighted by atomic mass is 10.1. The zero-order valence-electron chi connectivity index (χ0n) is 20.3. The minimum atomic E-state index is -0.769. The van der Waals surface area contributed by atoms with Crippen molar-refractivity contribution in [1.82, 2.24) is 14.7 Å². The Morgan fingerprint density at radius 1 is 0.667 bits per heavy atom. The van der Waals surface area contributed by atoms with E-state index in [0.717, 1.165) is 26.2 Å². The maximum absolute atomic E-state index is 11.1. The number of amides is 1. The van der Waals surface area contributed by atoms with Crippen LogP contribution in [0.1, 0.15) is 104 Å². The smallest absolute Gasteiger partial charge is 0.407 e. The normalized spacial score (nSPS) is 15.2. The van der Waals surface area contributed by atoms with Crippen molar-refractivity contribution in [2.24, 2.45) is 0 Å². The van der Waals surface area contributed by atoms with Crippen LogP contribution in [-0.4, -0.2) is 78.3 Å². The average molecular weight is 426 g/mol. The molecule has 0 bridgehead atoms. The van der Waals surface area contributed by atoms with E-state index in [0.29, 0.717) is 13.1 Å². The summed E-state index contributed by atoms with van der Waals surface area (Å²) in [6.07, 6.45) is 18.5. The molecule has 5 nitrogen and oxygen atoms in total. The predicted octanol–water partition coefficient (Wildman–Crippen LogP) is 6.09. The van der Waals surface area contributed by atoms with Crippen LogP contribution in [0.25, 0.3) is 0 Å². The number of hydrogen-bond acceptors (Lipinski definition) is 3. The van der Waals surface area contributed by atoms with E-state index in [-0.39, 0.29) is 0 Å². The second kappa shape index (κ2) is 18.9. The van der Waals surface area contributed by atoms with E-state index in [2.05, 4.69) is 23.6 Å². The molecule has 0 unspecified atom stereocenters. The number of carbonyl (C=O) groups is 1. The third-order valence-corrected chi connectivity index (χ3v) is 6.53. The van der Waals surface area contributed by atoms with Gasteiger partial charge in [-0.1, -0.05) is 90.9 Å². The lowest BCUT2D eigenvalue weighted by molar-refractivity contribution is 0.0989. The van der Waals surface area contributed by atoms with Gasteiger partial charge in [0, 0.05) is 39.3 Å². The van der Waals surface area contributed by atoms with Crippen molar-refractivity contribution in [1.29, 1.82) is 0 Å². The molecular weight excluding hydrogens is 374 g/mol. The summed E-state index contributed by atoms with van der Waals surface area (Å²) < 4.78 is 0. The lowest BCUT2D eigenvalue weighted by Crippen LogP contribution is -2.50. The predicted molar refractivity (Wildman–Crippen MR) is 128 cm³/mol. The summed E-state index contributed by atoms with van der Waals surface area (Å²) in [6, 6.07) is 0. The van der Waals surface area contributed by atoms with Crippen LogP contribution in [0.2, 0.25) is 0 Å². The molecule has 1 N–H and O–H groups in total. The topological polar surface area (TPSA) is 47.0 Å². The molecule has 178 valence electrons. The van der Waals surface area contributed by atoms with E-state index in [1.165, 1.54) is 103 Å². The van der Waals surface area contributed by atoms with E-state index < -0.39 is 6.09 Å². The van der Waals surface area contributed by atoms with Crippen molar-refractivity contribution in [3.8, 4) is 0 Å². The van der Waals surface area contributed by atoms with Crippen molar-refractivity contribution in [2.75, 3.05) is 52.4 Å². The second-order valence-electron chi connectivity index (χ2n) is 9.20. The van der Waals surface area contributed by atoms with Crippen LogP contribution in [0.15, 0.2) is 0 Å². The third-order valence-electron chi connectivity index (χ3n) is 6.53. The molecule has 1 heterocycles. The molecule has 0 spiro atoms. The van der Waals surface area contributed by atoms with E-state index >= 15 is 0 Å². The first-order valence-electron chi connectivity index (χ1n) is 13.1.